The smallest absolute Gasteiger partial charge is 0.246 e. The molecule has 0 bridgehead atoms. The molecule has 2 aromatic rings. The van der Waals surface area contributed by atoms with Gasteiger partial charge in [0.2, 0.25) is 5.91 Å². The summed E-state index contributed by atoms with van der Waals surface area (Å²) < 4.78 is 1.88. The second-order valence-corrected chi connectivity index (χ2v) is 5.09. The first kappa shape index (κ1) is 15.3. The van der Waals surface area contributed by atoms with Crippen molar-refractivity contribution in [3.8, 4) is 0 Å². The molecule has 0 atom stereocenters. The van der Waals surface area contributed by atoms with Crippen LogP contribution in [-0.4, -0.2) is 27.6 Å². The molecule has 5 heteroatoms. The summed E-state index contributed by atoms with van der Waals surface area (Å²) in [4.78, 5) is 13.8. The van der Waals surface area contributed by atoms with Crippen LogP contribution in [0.25, 0.3) is 6.08 Å². The molecule has 1 aromatic carbocycles. The van der Waals surface area contributed by atoms with Crippen molar-refractivity contribution in [2.75, 3.05) is 7.05 Å². The van der Waals surface area contributed by atoms with Gasteiger partial charge in [0.25, 0.3) is 0 Å². The van der Waals surface area contributed by atoms with Crippen LogP contribution >= 0.6 is 11.6 Å². The Morgan fingerprint density at radius 1 is 1.38 bits per heavy atom. The molecule has 0 fully saturated rings. The summed E-state index contributed by atoms with van der Waals surface area (Å²) in [7, 11) is 1.77. The van der Waals surface area contributed by atoms with Crippen LogP contribution in [0.4, 0.5) is 0 Å². The van der Waals surface area contributed by atoms with Crippen LogP contribution in [0.15, 0.2) is 42.6 Å². The molecule has 2 rings (SSSR count). The van der Waals surface area contributed by atoms with E-state index in [0.717, 1.165) is 17.8 Å². The van der Waals surface area contributed by atoms with Gasteiger partial charge in [-0.2, -0.15) is 5.10 Å². The fraction of sp³-hybridized carbons (Fsp3) is 0.250. The van der Waals surface area contributed by atoms with Crippen molar-refractivity contribution < 1.29 is 4.79 Å². The molecule has 21 heavy (non-hydrogen) atoms. The normalized spacial score (nSPS) is 11.0. The third kappa shape index (κ3) is 3.95. The maximum atomic E-state index is 12.1. The van der Waals surface area contributed by atoms with Crippen LogP contribution in [0.3, 0.4) is 0 Å². The van der Waals surface area contributed by atoms with E-state index in [1.54, 1.807) is 30.3 Å². The summed E-state index contributed by atoms with van der Waals surface area (Å²) in [5.74, 6) is -0.0706. The third-order valence-corrected chi connectivity index (χ3v) is 3.53. The minimum absolute atomic E-state index is 0.0706. The van der Waals surface area contributed by atoms with Crippen molar-refractivity contribution in [2.24, 2.45) is 0 Å². The lowest BCUT2D eigenvalue weighted by Crippen LogP contribution is -2.25. The van der Waals surface area contributed by atoms with Gasteiger partial charge in [-0.15, -0.1) is 0 Å². The highest BCUT2D eigenvalue weighted by atomic mass is 35.5. The van der Waals surface area contributed by atoms with Crippen molar-refractivity contribution in [1.29, 1.82) is 0 Å². The number of rotatable bonds is 5. The molecule has 110 valence electrons. The summed E-state index contributed by atoms with van der Waals surface area (Å²) >= 11 is 6.05. The molecular weight excluding hydrogens is 286 g/mol. The zero-order chi connectivity index (χ0) is 15.2. The van der Waals surface area contributed by atoms with Crippen LogP contribution in [0.5, 0.6) is 0 Å². The van der Waals surface area contributed by atoms with E-state index >= 15 is 0 Å². The van der Waals surface area contributed by atoms with Crippen molar-refractivity contribution in [3.63, 3.8) is 0 Å². The van der Waals surface area contributed by atoms with E-state index < -0.39 is 0 Å². The number of amides is 1. The van der Waals surface area contributed by atoms with E-state index in [9.17, 15) is 4.79 Å². The summed E-state index contributed by atoms with van der Waals surface area (Å²) in [5.41, 5.74) is 1.85. The van der Waals surface area contributed by atoms with E-state index in [1.807, 2.05) is 35.9 Å². The second kappa shape index (κ2) is 7.09. The molecule has 0 saturated heterocycles. The minimum atomic E-state index is -0.0706. The van der Waals surface area contributed by atoms with Crippen LogP contribution in [0.2, 0.25) is 5.02 Å². The first-order chi connectivity index (χ1) is 10.1. The van der Waals surface area contributed by atoms with E-state index in [0.29, 0.717) is 11.6 Å². The summed E-state index contributed by atoms with van der Waals surface area (Å²) in [6.07, 6.45) is 5.02. The molecule has 0 aliphatic carbocycles. The SMILES string of the molecule is CCn1nccc1CN(C)C(=O)/C=C/c1ccccc1Cl. The fourth-order valence-corrected chi connectivity index (χ4v) is 2.20. The highest BCUT2D eigenvalue weighted by molar-refractivity contribution is 6.32. The van der Waals surface area contributed by atoms with E-state index in [4.69, 9.17) is 11.6 Å². The molecule has 1 amide bonds. The van der Waals surface area contributed by atoms with Gasteiger partial charge in [-0.3, -0.25) is 9.48 Å². The number of benzene rings is 1. The molecule has 4 nitrogen and oxygen atoms in total. The molecule has 1 aromatic heterocycles. The van der Waals surface area contributed by atoms with E-state index in [1.165, 1.54) is 6.08 Å². The highest BCUT2D eigenvalue weighted by Gasteiger charge is 2.09. The Morgan fingerprint density at radius 2 is 2.14 bits per heavy atom. The summed E-state index contributed by atoms with van der Waals surface area (Å²) in [6.45, 7) is 3.34. The number of nitrogens with zero attached hydrogens (tertiary/aromatic N) is 3. The lowest BCUT2D eigenvalue weighted by atomic mass is 10.2. The Kier molecular flexibility index (Phi) is 5.17. The minimum Gasteiger partial charge on any atom is -0.336 e. The van der Waals surface area contributed by atoms with Gasteiger partial charge >= 0.3 is 0 Å². The van der Waals surface area contributed by atoms with Crippen LogP contribution < -0.4 is 0 Å². The number of likely N-dealkylation sites (N-methyl/N-ethyl adjacent to an activating group) is 1. The monoisotopic (exact) mass is 303 g/mol. The quantitative estimate of drug-likeness (QED) is 0.795. The number of halogens is 1. The van der Waals surface area contributed by atoms with Crippen molar-refractivity contribution >= 4 is 23.6 Å². The highest BCUT2D eigenvalue weighted by Crippen LogP contribution is 2.16. The Labute approximate surface area is 129 Å². The number of aryl methyl sites for hydroxylation is 1. The molecule has 0 saturated carbocycles. The molecule has 0 unspecified atom stereocenters. The number of hydrogen-bond acceptors (Lipinski definition) is 2. The van der Waals surface area contributed by atoms with Gasteiger partial charge < -0.3 is 4.90 Å². The summed E-state index contributed by atoms with van der Waals surface area (Å²) in [5, 5.41) is 4.83. The Bertz CT molecular complexity index is 648. The van der Waals surface area contributed by atoms with Gasteiger partial charge in [-0.1, -0.05) is 29.8 Å². The largest absolute Gasteiger partial charge is 0.336 e. The number of carbonyl (C=O) groups excluding carboxylic acids is 1. The van der Waals surface area contributed by atoms with Gasteiger partial charge in [0, 0.05) is 30.9 Å². The zero-order valence-corrected chi connectivity index (χ0v) is 12.9. The van der Waals surface area contributed by atoms with Gasteiger partial charge in [0.05, 0.1) is 12.2 Å². The molecule has 0 aliphatic heterocycles. The lowest BCUT2D eigenvalue weighted by Gasteiger charge is -2.15. The molecule has 0 radical (unpaired) electrons. The first-order valence-corrected chi connectivity index (χ1v) is 7.18. The average molecular weight is 304 g/mol. The molecule has 0 aliphatic rings. The van der Waals surface area contributed by atoms with Crippen molar-refractivity contribution in [1.82, 2.24) is 14.7 Å². The Morgan fingerprint density at radius 3 is 2.86 bits per heavy atom. The maximum Gasteiger partial charge on any atom is 0.246 e. The van der Waals surface area contributed by atoms with Crippen LogP contribution in [-0.2, 0) is 17.9 Å². The van der Waals surface area contributed by atoms with Gasteiger partial charge in [0.1, 0.15) is 0 Å². The molecule has 0 spiro atoms. The molecule has 0 N–H and O–H groups in total. The Hall–Kier alpha value is -2.07. The molecule has 1 heterocycles. The first-order valence-electron chi connectivity index (χ1n) is 6.80. The van der Waals surface area contributed by atoms with E-state index in [2.05, 4.69) is 5.10 Å². The van der Waals surface area contributed by atoms with E-state index in [-0.39, 0.29) is 5.91 Å². The second-order valence-electron chi connectivity index (χ2n) is 4.69. The van der Waals surface area contributed by atoms with Crippen molar-refractivity contribution in [2.45, 2.75) is 20.0 Å². The third-order valence-electron chi connectivity index (χ3n) is 3.19. The number of aromatic nitrogens is 2. The fourth-order valence-electron chi connectivity index (χ4n) is 2.00. The standard InChI is InChI=1S/C16H18ClN3O/c1-3-20-14(10-11-18-20)12-19(2)16(21)9-8-13-6-4-5-7-15(13)17/h4-11H,3,12H2,1-2H3/b9-8+. The van der Waals surface area contributed by atoms with Gasteiger partial charge in [-0.05, 0) is 30.7 Å². The number of hydrogen-bond donors (Lipinski definition) is 0. The van der Waals surface area contributed by atoms with Gasteiger partial charge in [0.15, 0.2) is 0 Å². The predicted molar refractivity (Wildman–Crippen MR) is 84.9 cm³/mol. The maximum absolute atomic E-state index is 12.1. The van der Waals surface area contributed by atoms with Crippen LogP contribution in [0.1, 0.15) is 18.2 Å². The average Bonchev–Trinajstić information content (AvgIpc) is 2.93. The zero-order valence-electron chi connectivity index (χ0n) is 12.2. The Balaban J connectivity index is 2.01. The van der Waals surface area contributed by atoms with Crippen molar-refractivity contribution in [3.05, 3.63) is 58.9 Å². The van der Waals surface area contributed by atoms with Gasteiger partial charge in [-0.25, -0.2) is 0 Å². The summed E-state index contributed by atoms with van der Waals surface area (Å²) in [6, 6.07) is 9.34. The lowest BCUT2D eigenvalue weighted by molar-refractivity contribution is -0.125. The topological polar surface area (TPSA) is 38.1 Å². The molecular formula is C16H18ClN3O. The predicted octanol–water partition coefficient (Wildman–Crippen LogP) is 3.23. The number of carbonyl (C=O) groups is 1. The van der Waals surface area contributed by atoms with Crippen LogP contribution in [0, 0.1) is 0 Å².